The summed E-state index contributed by atoms with van der Waals surface area (Å²) in [6.07, 6.45) is 2.99. The van der Waals surface area contributed by atoms with Gasteiger partial charge in [-0.05, 0) is 60.7 Å². The van der Waals surface area contributed by atoms with Crippen LogP contribution in [0.5, 0.6) is 0 Å². The van der Waals surface area contributed by atoms with E-state index < -0.39 is 17.2 Å². The zero-order valence-corrected chi connectivity index (χ0v) is 13.0. The maximum atomic E-state index is 14.1. The van der Waals surface area contributed by atoms with Gasteiger partial charge in [-0.15, -0.1) is 0 Å². The van der Waals surface area contributed by atoms with Crippen LogP contribution in [0.1, 0.15) is 31.7 Å². The van der Waals surface area contributed by atoms with Crippen molar-refractivity contribution in [2.45, 2.75) is 44.2 Å². The van der Waals surface area contributed by atoms with E-state index in [0.29, 0.717) is 6.61 Å². The minimum absolute atomic E-state index is 0.0257. The summed E-state index contributed by atoms with van der Waals surface area (Å²) in [4.78, 5) is 0. The lowest BCUT2D eigenvalue weighted by Crippen LogP contribution is -2.55. The SMILES string of the molecule is CC1(C(Cc2c(F)ccc(Br)c2F)NN)CCCCO1. The topological polar surface area (TPSA) is 47.3 Å². The van der Waals surface area contributed by atoms with Crippen LogP contribution in [0.25, 0.3) is 0 Å². The number of hydrazine groups is 1. The van der Waals surface area contributed by atoms with Gasteiger partial charge >= 0.3 is 0 Å². The first-order valence-corrected chi connectivity index (χ1v) is 7.49. The quantitative estimate of drug-likeness (QED) is 0.499. The summed E-state index contributed by atoms with van der Waals surface area (Å²) in [6, 6.07) is 2.26. The molecule has 1 saturated heterocycles. The zero-order chi connectivity index (χ0) is 14.8. The maximum Gasteiger partial charge on any atom is 0.143 e. The lowest BCUT2D eigenvalue weighted by molar-refractivity contribution is -0.0886. The molecule has 3 nitrogen and oxygen atoms in total. The lowest BCUT2D eigenvalue weighted by Gasteiger charge is -2.40. The van der Waals surface area contributed by atoms with Crippen LogP contribution in [0.15, 0.2) is 16.6 Å². The highest BCUT2D eigenvalue weighted by Crippen LogP contribution is 2.31. The van der Waals surface area contributed by atoms with E-state index in [1.807, 2.05) is 6.92 Å². The zero-order valence-electron chi connectivity index (χ0n) is 11.4. The molecule has 3 N–H and O–H groups in total. The molecule has 6 heteroatoms. The van der Waals surface area contributed by atoms with Gasteiger partial charge in [-0.3, -0.25) is 11.3 Å². The molecule has 0 amide bonds. The van der Waals surface area contributed by atoms with Crippen LogP contribution in [-0.2, 0) is 11.2 Å². The fourth-order valence-electron chi connectivity index (χ4n) is 2.64. The Balaban J connectivity index is 2.24. The van der Waals surface area contributed by atoms with Crippen molar-refractivity contribution < 1.29 is 13.5 Å². The lowest BCUT2D eigenvalue weighted by atomic mass is 9.85. The van der Waals surface area contributed by atoms with Crippen molar-refractivity contribution in [1.82, 2.24) is 5.43 Å². The highest BCUT2D eigenvalue weighted by atomic mass is 79.9. The number of halogens is 3. The van der Waals surface area contributed by atoms with E-state index in [-0.39, 0.29) is 22.5 Å². The number of nitrogens with one attached hydrogen (secondary N) is 1. The first-order valence-electron chi connectivity index (χ1n) is 6.70. The Hall–Kier alpha value is -0.560. The van der Waals surface area contributed by atoms with Crippen LogP contribution in [0.3, 0.4) is 0 Å². The first kappa shape index (κ1) is 15.8. The number of nitrogens with two attached hydrogens (primary N) is 1. The molecule has 2 atom stereocenters. The highest BCUT2D eigenvalue weighted by Gasteiger charge is 2.37. The predicted octanol–water partition coefficient (Wildman–Crippen LogP) is 3.06. The second-order valence-corrected chi connectivity index (χ2v) is 6.22. The molecule has 112 valence electrons. The van der Waals surface area contributed by atoms with Gasteiger partial charge in [-0.2, -0.15) is 0 Å². The average molecular weight is 349 g/mol. The molecular formula is C14H19BrF2N2O. The molecule has 0 saturated carbocycles. The van der Waals surface area contributed by atoms with Gasteiger partial charge in [0, 0.05) is 12.2 Å². The monoisotopic (exact) mass is 348 g/mol. The Kier molecular flexibility index (Phi) is 5.12. The molecule has 1 heterocycles. The van der Waals surface area contributed by atoms with Crippen LogP contribution in [0, 0.1) is 11.6 Å². The summed E-state index contributed by atoms with van der Waals surface area (Å²) < 4.78 is 34.0. The van der Waals surface area contributed by atoms with Gasteiger partial charge in [0.25, 0.3) is 0 Å². The van der Waals surface area contributed by atoms with Crippen molar-refractivity contribution in [3.8, 4) is 0 Å². The summed E-state index contributed by atoms with van der Waals surface area (Å²) in [5.41, 5.74) is 2.18. The van der Waals surface area contributed by atoms with E-state index in [1.54, 1.807) is 0 Å². The van der Waals surface area contributed by atoms with Crippen LogP contribution in [0.4, 0.5) is 8.78 Å². The second kappa shape index (κ2) is 6.47. The van der Waals surface area contributed by atoms with E-state index in [1.165, 1.54) is 12.1 Å². The molecule has 20 heavy (non-hydrogen) atoms. The molecule has 0 spiro atoms. The second-order valence-electron chi connectivity index (χ2n) is 5.36. The number of hydrogen-bond donors (Lipinski definition) is 2. The molecule has 0 bridgehead atoms. The van der Waals surface area contributed by atoms with Crippen LogP contribution in [-0.4, -0.2) is 18.2 Å². The molecule has 1 aromatic carbocycles. The van der Waals surface area contributed by atoms with E-state index in [4.69, 9.17) is 10.6 Å². The van der Waals surface area contributed by atoms with Gasteiger partial charge in [0.05, 0.1) is 16.1 Å². The number of benzene rings is 1. The predicted molar refractivity (Wildman–Crippen MR) is 77.1 cm³/mol. The number of ether oxygens (including phenoxy) is 1. The molecule has 1 aromatic rings. The molecule has 0 aromatic heterocycles. The van der Waals surface area contributed by atoms with Gasteiger partial charge in [0.15, 0.2) is 0 Å². The van der Waals surface area contributed by atoms with Crippen LogP contribution in [0.2, 0.25) is 0 Å². The van der Waals surface area contributed by atoms with E-state index in [2.05, 4.69) is 21.4 Å². The van der Waals surface area contributed by atoms with Crippen molar-refractivity contribution in [3.63, 3.8) is 0 Å². The Labute approximate surface area is 126 Å². The normalized spacial score (nSPS) is 24.6. The Morgan fingerprint density at radius 3 is 2.80 bits per heavy atom. The first-order chi connectivity index (χ1) is 9.48. The minimum Gasteiger partial charge on any atom is -0.374 e. The summed E-state index contributed by atoms with van der Waals surface area (Å²) in [5, 5.41) is 0. The van der Waals surface area contributed by atoms with Crippen molar-refractivity contribution >= 4 is 15.9 Å². The molecule has 0 aliphatic carbocycles. The fraction of sp³-hybridized carbons (Fsp3) is 0.571. The molecule has 2 unspecified atom stereocenters. The van der Waals surface area contributed by atoms with Gasteiger partial charge in [0.2, 0.25) is 0 Å². The van der Waals surface area contributed by atoms with E-state index >= 15 is 0 Å². The molecule has 1 fully saturated rings. The number of rotatable bonds is 4. The van der Waals surface area contributed by atoms with E-state index in [0.717, 1.165) is 19.3 Å². The Bertz CT molecular complexity index is 478. The summed E-state index contributed by atoms with van der Waals surface area (Å²) >= 11 is 3.08. The Morgan fingerprint density at radius 1 is 1.45 bits per heavy atom. The largest absolute Gasteiger partial charge is 0.374 e. The fourth-order valence-corrected chi connectivity index (χ4v) is 3.01. The van der Waals surface area contributed by atoms with Crippen molar-refractivity contribution in [1.29, 1.82) is 0 Å². The van der Waals surface area contributed by atoms with Gasteiger partial charge < -0.3 is 4.74 Å². The van der Waals surface area contributed by atoms with Crippen molar-refractivity contribution in [2.24, 2.45) is 5.84 Å². The van der Waals surface area contributed by atoms with Crippen molar-refractivity contribution in [3.05, 3.63) is 33.8 Å². The number of hydrogen-bond acceptors (Lipinski definition) is 3. The van der Waals surface area contributed by atoms with Gasteiger partial charge in [0.1, 0.15) is 11.6 Å². The minimum atomic E-state index is -0.579. The smallest absolute Gasteiger partial charge is 0.143 e. The molecule has 0 radical (unpaired) electrons. The standard InChI is InChI=1S/C14H19BrF2N2O/c1-14(6-2-3-7-20-14)12(19-18)8-9-11(16)5-4-10(15)13(9)17/h4-5,12,19H,2-3,6-8,18H2,1H3. The molecule has 1 aliphatic rings. The third kappa shape index (κ3) is 3.19. The highest BCUT2D eigenvalue weighted by molar-refractivity contribution is 9.10. The van der Waals surface area contributed by atoms with Gasteiger partial charge in [-0.1, -0.05) is 0 Å². The summed E-state index contributed by atoms with van der Waals surface area (Å²) in [7, 11) is 0. The third-order valence-corrected chi connectivity index (χ3v) is 4.60. The van der Waals surface area contributed by atoms with Gasteiger partial charge in [-0.25, -0.2) is 8.78 Å². The molecular weight excluding hydrogens is 330 g/mol. The van der Waals surface area contributed by atoms with Crippen molar-refractivity contribution in [2.75, 3.05) is 6.61 Å². The van der Waals surface area contributed by atoms with E-state index in [9.17, 15) is 8.78 Å². The third-order valence-electron chi connectivity index (χ3n) is 3.98. The Morgan fingerprint density at radius 2 is 2.20 bits per heavy atom. The summed E-state index contributed by atoms with van der Waals surface area (Å²) in [5.74, 6) is 4.44. The maximum absolute atomic E-state index is 14.1. The average Bonchev–Trinajstić information content (AvgIpc) is 2.44. The molecule has 1 aliphatic heterocycles. The van der Waals surface area contributed by atoms with Crippen LogP contribution >= 0.6 is 15.9 Å². The summed E-state index contributed by atoms with van der Waals surface area (Å²) in [6.45, 7) is 2.59. The van der Waals surface area contributed by atoms with Crippen LogP contribution < -0.4 is 11.3 Å². The molecule has 2 rings (SSSR count).